The maximum atomic E-state index is 12.7. The number of hydrogen-bond donors (Lipinski definition) is 0. The molecular weight excluding hydrogens is 304 g/mol. The highest BCUT2D eigenvalue weighted by Gasteiger charge is 2.36. The maximum Gasteiger partial charge on any atom is 0.270 e. The molecule has 0 N–H and O–H groups in total. The fourth-order valence-corrected chi connectivity index (χ4v) is 3.81. The summed E-state index contributed by atoms with van der Waals surface area (Å²) in [5.74, 6) is 0.347. The van der Waals surface area contributed by atoms with E-state index in [0.29, 0.717) is 13.1 Å². The third-order valence-electron chi connectivity index (χ3n) is 5.27. The van der Waals surface area contributed by atoms with E-state index in [0.717, 1.165) is 38.2 Å². The van der Waals surface area contributed by atoms with Crippen molar-refractivity contribution in [2.24, 2.45) is 7.05 Å². The number of carbonyl (C=O) groups excluding carboxylic acids is 2. The van der Waals surface area contributed by atoms with Crippen LogP contribution in [0.5, 0.6) is 0 Å². The summed E-state index contributed by atoms with van der Waals surface area (Å²) < 4.78 is 1.86. The van der Waals surface area contributed by atoms with Crippen molar-refractivity contribution in [3.63, 3.8) is 0 Å². The largest absolute Gasteiger partial charge is 0.347 e. The molecule has 6 nitrogen and oxygen atoms in total. The molecule has 1 atom stereocenters. The van der Waals surface area contributed by atoms with Crippen molar-refractivity contribution in [3.05, 3.63) is 24.0 Å². The van der Waals surface area contributed by atoms with Crippen LogP contribution in [0.1, 0.15) is 37.2 Å². The summed E-state index contributed by atoms with van der Waals surface area (Å²) in [6.45, 7) is 7.97. The summed E-state index contributed by atoms with van der Waals surface area (Å²) in [4.78, 5) is 31.5. The average molecular weight is 332 g/mol. The Balaban J connectivity index is 1.60. The van der Waals surface area contributed by atoms with Crippen LogP contribution in [-0.2, 0) is 11.8 Å². The predicted octanol–water partition coefficient (Wildman–Crippen LogP) is 1.18. The third-order valence-corrected chi connectivity index (χ3v) is 5.27. The first kappa shape index (κ1) is 17.0. The fraction of sp³-hybridized carbons (Fsp3) is 0.667. The third kappa shape index (κ3) is 3.20. The second kappa shape index (κ2) is 6.97. The van der Waals surface area contributed by atoms with Gasteiger partial charge >= 0.3 is 0 Å². The Morgan fingerprint density at radius 1 is 1.17 bits per heavy atom. The first-order chi connectivity index (χ1) is 11.5. The number of piperidine rings is 1. The average Bonchev–Trinajstić information content (AvgIpc) is 3.00. The van der Waals surface area contributed by atoms with Crippen LogP contribution in [0.15, 0.2) is 18.3 Å². The number of aryl methyl sites for hydroxylation is 1. The van der Waals surface area contributed by atoms with Gasteiger partial charge in [-0.2, -0.15) is 0 Å². The Morgan fingerprint density at radius 3 is 2.46 bits per heavy atom. The van der Waals surface area contributed by atoms with Crippen LogP contribution < -0.4 is 0 Å². The Labute approximate surface area is 144 Å². The molecule has 0 bridgehead atoms. The zero-order valence-electron chi connectivity index (χ0n) is 14.9. The molecule has 2 aliphatic heterocycles. The van der Waals surface area contributed by atoms with Gasteiger partial charge in [0.15, 0.2) is 0 Å². The molecule has 132 valence electrons. The smallest absolute Gasteiger partial charge is 0.270 e. The number of carbonyl (C=O) groups is 2. The highest BCUT2D eigenvalue weighted by Crippen LogP contribution is 2.21. The van der Waals surface area contributed by atoms with Gasteiger partial charge in [0.2, 0.25) is 5.91 Å². The van der Waals surface area contributed by atoms with Crippen molar-refractivity contribution in [2.45, 2.75) is 38.8 Å². The lowest BCUT2D eigenvalue weighted by Gasteiger charge is -2.43. The lowest BCUT2D eigenvalue weighted by atomic mass is 10.0. The number of hydrogen-bond acceptors (Lipinski definition) is 3. The van der Waals surface area contributed by atoms with Crippen molar-refractivity contribution in [2.75, 3.05) is 32.7 Å². The molecular formula is C18H28N4O2. The highest BCUT2D eigenvalue weighted by atomic mass is 16.2. The quantitative estimate of drug-likeness (QED) is 0.835. The Bertz CT molecular complexity index is 602. The van der Waals surface area contributed by atoms with Gasteiger partial charge in [0.1, 0.15) is 5.69 Å². The summed E-state index contributed by atoms with van der Waals surface area (Å²) in [6, 6.07) is 4.01. The van der Waals surface area contributed by atoms with Gasteiger partial charge in [-0.1, -0.05) is 0 Å². The second-order valence-corrected chi connectivity index (χ2v) is 7.12. The number of nitrogens with zero attached hydrogens (tertiary/aromatic N) is 4. The maximum absolute atomic E-state index is 12.7. The molecule has 2 amide bonds. The molecule has 3 rings (SSSR count). The van der Waals surface area contributed by atoms with Crippen molar-refractivity contribution < 1.29 is 9.59 Å². The first-order valence-electron chi connectivity index (χ1n) is 8.94. The van der Waals surface area contributed by atoms with E-state index in [1.54, 1.807) is 0 Å². The van der Waals surface area contributed by atoms with Gasteiger partial charge in [0.25, 0.3) is 5.91 Å². The van der Waals surface area contributed by atoms with E-state index < -0.39 is 0 Å². The molecule has 0 radical (unpaired) electrons. The van der Waals surface area contributed by atoms with Crippen LogP contribution >= 0.6 is 0 Å². The molecule has 0 aromatic carbocycles. The second-order valence-electron chi connectivity index (χ2n) is 7.12. The first-order valence-corrected chi connectivity index (χ1v) is 8.94. The predicted molar refractivity (Wildman–Crippen MR) is 92.8 cm³/mol. The Hall–Kier alpha value is -1.82. The number of rotatable bonds is 3. The number of likely N-dealkylation sites (tertiary alicyclic amines) is 1. The van der Waals surface area contributed by atoms with Crippen LogP contribution in [0.25, 0.3) is 0 Å². The van der Waals surface area contributed by atoms with E-state index >= 15 is 0 Å². The van der Waals surface area contributed by atoms with Gasteiger partial charge in [-0.05, 0) is 38.8 Å². The van der Waals surface area contributed by atoms with Crippen molar-refractivity contribution in [1.29, 1.82) is 0 Å². The lowest BCUT2D eigenvalue weighted by Crippen LogP contribution is -2.59. The molecule has 0 saturated carbocycles. The minimum Gasteiger partial charge on any atom is -0.347 e. The number of aromatic nitrogens is 1. The number of amides is 2. The van der Waals surface area contributed by atoms with Gasteiger partial charge in [0, 0.05) is 52.0 Å². The summed E-state index contributed by atoms with van der Waals surface area (Å²) >= 11 is 0. The Morgan fingerprint density at radius 2 is 1.88 bits per heavy atom. The summed E-state index contributed by atoms with van der Waals surface area (Å²) in [6.07, 6.45) is 3.90. The van der Waals surface area contributed by atoms with Crippen LogP contribution in [0, 0.1) is 0 Å². The van der Waals surface area contributed by atoms with Crippen LogP contribution in [-0.4, -0.2) is 75.9 Å². The topological polar surface area (TPSA) is 48.8 Å². The minimum absolute atomic E-state index is 0.00608. The molecule has 3 heterocycles. The molecule has 1 aromatic heterocycles. The monoisotopic (exact) mass is 332 g/mol. The lowest BCUT2D eigenvalue weighted by molar-refractivity contribution is -0.142. The highest BCUT2D eigenvalue weighted by molar-refractivity contribution is 5.92. The fourth-order valence-electron chi connectivity index (χ4n) is 3.81. The van der Waals surface area contributed by atoms with Crippen LogP contribution in [0.4, 0.5) is 0 Å². The minimum atomic E-state index is -0.00608. The van der Waals surface area contributed by atoms with Crippen LogP contribution in [0.2, 0.25) is 0 Å². The normalized spacial score (nSPS) is 23.2. The zero-order chi connectivity index (χ0) is 17.3. The molecule has 1 aromatic rings. The number of piperazine rings is 1. The van der Waals surface area contributed by atoms with Crippen molar-refractivity contribution in [1.82, 2.24) is 19.3 Å². The molecule has 0 unspecified atom stereocenters. The van der Waals surface area contributed by atoms with E-state index in [2.05, 4.69) is 18.7 Å². The van der Waals surface area contributed by atoms with Gasteiger partial charge in [-0.3, -0.25) is 14.5 Å². The molecule has 0 aliphatic carbocycles. The molecule has 2 saturated heterocycles. The summed E-state index contributed by atoms with van der Waals surface area (Å²) in [5, 5.41) is 0. The van der Waals surface area contributed by atoms with Crippen molar-refractivity contribution in [3.8, 4) is 0 Å². The molecule has 6 heteroatoms. The van der Waals surface area contributed by atoms with Gasteiger partial charge in [-0.15, -0.1) is 0 Å². The molecule has 24 heavy (non-hydrogen) atoms. The summed E-state index contributed by atoms with van der Waals surface area (Å²) in [5.41, 5.74) is 0.725. The van der Waals surface area contributed by atoms with Crippen LogP contribution in [0.3, 0.4) is 0 Å². The van der Waals surface area contributed by atoms with E-state index in [1.165, 1.54) is 0 Å². The van der Waals surface area contributed by atoms with Gasteiger partial charge < -0.3 is 14.4 Å². The summed E-state index contributed by atoms with van der Waals surface area (Å²) in [7, 11) is 1.89. The zero-order valence-corrected chi connectivity index (χ0v) is 14.9. The van der Waals surface area contributed by atoms with Gasteiger partial charge in [-0.25, -0.2) is 0 Å². The van der Waals surface area contributed by atoms with E-state index in [1.807, 2.05) is 39.7 Å². The SMILES string of the molecule is CC(C)N1CCC[C@@H](N2CCN(C(=O)c3cccn3C)CC2)C1=O. The molecule has 2 fully saturated rings. The van der Waals surface area contributed by atoms with E-state index in [9.17, 15) is 9.59 Å². The van der Waals surface area contributed by atoms with Gasteiger partial charge in [0.05, 0.1) is 6.04 Å². The molecule has 2 aliphatic rings. The van der Waals surface area contributed by atoms with E-state index in [4.69, 9.17) is 0 Å². The molecule has 0 spiro atoms. The Kier molecular flexibility index (Phi) is 4.94. The van der Waals surface area contributed by atoms with Crippen molar-refractivity contribution >= 4 is 11.8 Å². The standard InChI is InChI=1S/C18H28N4O2/c1-14(2)22-9-5-7-16(18(22)24)20-10-12-21(13-11-20)17(23)15-6-4-8-19(15)3/h4,6,8,14,16H,5,7,9-13H2,1-3H3/t16-/m1/s1. The van der Waals surface area contributed by atoms with E-state index in [-0.39, 0.29) is 23.9 Å².